The van der Waals surface area contributed by atoms with Crippen LogP contribution in [0.3, 0.4) is 0 Å². The zero-order valence-corrected chi connectivity index (χ0v) is 21.2. The van der Waals surface area contributed by atoms with Crippen LogP contribution in [0, 0.1) is 0 Å². The topological polar surface area (TPSA) is 95.5 Å². The van der Waals surface area contributed by atoms with Gasteiger partial charge in [0.2, 0.25) is 0 Å². The van der Waals surface area contributed by atoms with E-state index in [1.807, 2.05) is 30.3 Å². The van der Waals surface area contributed by atoms with E-state index in [-0.39, 0.29) is 12.2 Å². The van der Waals surface area contributed by atoms with E-state index in [1.54, 1.807) is 37.7 Å². The van der Waals surface area contributed by atoms with Gasteiger partial charge in [-0.15, -0.1) is 0 Å². The minimum absolute atomic E-state index is 0.211. The molecule has 0 saturated carbocycles. The molecule has 0 N–H and O–H groups in total. The van der Waals surface area contributed by atoms with Gasteiger partial charge in [0.15, 0.2) is 10.7 Å². The molecular formula is C26H27N3O6S. The molecule has 3 aromatic rings. The van der Waals surface area contributed by atoms with Crippen molar-refractivity contribution in [2.75, 3.05) is 44.9 Å². The molecule has 1 saturated heterocycles. The number of methoxy groups -OCH3 is 1. The SMILES string of the molecule is CCOC(=O)C1=C(C)N=c2s/c(=C/c3ccc(N4CCOCC4)o3)c(=O)n2[C@H]1c1ccccc1OC. The van der Waals surface area contributed by atoms with Crippen LogP contribution in [0.4, 0.5) is 5.88 Å². The molecule has 0 spiro atoms. The van der Waals surface area contributed by atoms with E-state index in [9.17, 15) is 9.59 Å². The Hall–Kier alpha value is -3.63. The second-order valence-electron chi connectivity index (χ2n) is 8.32. The van der Waals surface area contributed by atoms with Gasteiger partial charge in [0.25, 0.3) is 5.56 Å². The number of furan rings is 1. The highest BCUT2D eigenvalue weighted by Crippen LogP contribution is 2.35. The number of rotatable bonds is 6. The number of thiazole rings is 1. The summed E-state index contributed by atoms with van der Waals surface area (Å²) in [4.78, 5) is 34.0. The lowest BCUT2D eigenvalue weighted by atomic mass is 9.95. The van der Waals surface area contributed by atoms with Crippen LogP contribution >= 0.6 is 11.3 Å². The number of fused-ring (bicyclic) bond motifs is 1. The number of hydrogen-bond acceptors (Lipinski definition) is 9. The Morgan fingerprint density at radius 1 is 1.22 bits per heavy atom. The summed E-state index contributed by atoms with van der Waals surface area (Å²) in [6.07, 6.45) is 1.72. The highest BCUT2D eigenvalue weighted by Gasteiger charge is 2.35. The Bertz CT molecular complexity index is 1490. The Morgan fingerprint density at radius 2 is 2.00 bits per heavy atom. The number of hydrogen-bond donors (Lipinski definition) is 0. The molecule has 0 aliphatic carbocycles. The first kappa shape index (κ1) is 24.1. The molecule has 188 valence electrons. The summed E-state index contributed by atoms with van der Waals surface area (Å²) < 4.78 is 24.4. The highest BCUT2D eigenvalue weighted by molar-refractivity contribution is 7.07. The minimum Gasteiger partial charge on any atom is -0.496 e. The molecule has 2 aliphatic heterocycles. The van der Waals surface area contributed by atoms with Gasteiger partial charge in [-0.05, 0) is 26.0 Å². The molecule has 36 heavy (non-hydrogen) atoms. The maximum absolute atomic E-state index is 13.7. The quantitative estimate of drug-likeness (QED) is 0.471. The summed E-state index contributed by atoms with van der Waals surface area (Å²) in [5.74, 6) is 1.36. The number of ether oxygens (including phenoxy) is 3. The van der Waals surface area contributed by atoms with Crippen molar-refractivity contribution < 1.29 is 23.4 Å². The third kappa shape index (κ3) is 4.38. The molecule has 9 nitrogen and oxygen atoms in total. The molecule has 2 aliphatic rings. The van der Waals surface area contributed by atoms with Crippen LogP contribution in [0.15, 0.2) is 61.9 Å². The van der Waals surface area contributed by atoms with Crippen molar-refractivity contribution in [3.8, 4) is 5.75 Å². The lowest BCUT2D eigenvalue weighted by Crippen LogP contribution is -2.40. The van der Waals surface area contributed by atoms with E-state index in [0.29, 0.717) is 50.9 Å². The third-order valence-corrected chi connectivity index (χ3v) is 7.14. The standard InChI is InChI=1S/C26H27N3O6S/c1-4-34-25(31)22-16(2)27-26-29(23(22)18-7-5-6-8-19(18)32-3)24(30)20(36-26)15-17-9-10-21(35-17)28-11-13-33-14-12-28/h5-10,15,23H,4,11-14H2,1-3H3/b20-15+/t23-/m0/s1. The van der Waals surface area contributed by atoms with Crippen molar-refractivity contribution in [2.24, 2.45) is 4.99 Å². The Balaban J connectivity index is 1.63. The molecule has 2 aromatic heterocycles. The van der Waals surface area contributed by atoms with Crippen molar-refractivity contribution in [1.82, 2.24) is 4.57 Å². The van der Waals surface area contributed by atoms with Crippen LogP contribution in [-0.4, -0.2) is 50.6 Å². The fraction of sp³-hybridized carbons (Fsp3) is 0.346. The van der Waals surface area contributed by atoms with Crippen molar-refractivity contribution in [3.05, 3.63) is 78.7 Å². The molecule has 1 aromatic carbocycles. The predicted molar refractivity (Wildman–Crippen MR) is 135 cm³/mol. The van der Waals surface area contributed by atoms with Gasteiger partial charge in [0.05, 0.1) is 42.7 Å². The molecule has 10 heteroatoms. The number of aromatic nitrogens is 1. The van der Waals surface area contributed by atoms with Crippen molar-refractivity contribution in [1.29, 1.82) is 0 Å². The molecule has 0 radical (unpaired) electrons. The summed E-state index contributed by atoms with van der Waals surface area (Å²) >= 11 is 1.25. The van der Waals surface area contributed by atoms with Crippen molar-refractivity contribution in [3.63, 3.8) is 0 Å². The Morgan fingerprint density at radius 3 is 2.75 bits per heavy atom. The summed E-state index contributed by atoms with van der Waals surface area (Å²) in [5.41, 5.74) is 1.23. The number of para-hydroxylation sites is 1. The average Bonchev–Trinajstić information content (AvgIpc) is 3.48. The lowest BCUT2D eigenvalue weighted by molar-refractivity contribution is -0.139. The monoisotopic (exact) mass is 509 g/mol. The predicted octanol–water partition coefficient (Wildman–Crippen LogP) is 2.24. The number of morpholine rings is 1. The largest absolute Gasteiger partial charge is 0.496 e. The summed E-state index contributed by atoms with van der Waals surface area (Å²) in [7, 11) is 1.56. The number of carbonyl (C=O) groups is 1. The Kier molecular flexibility index (Phi) is 6.80. The van der Waals surface area contributed by atoms with Gasteiger partial charge in [-0.3, -0.25) is 9.36 Å². The van der Waals surface area contributed by atoms with Crippen molar-refractivity contribution >= 4 is 29.3 Å². The zero-order chi connectivity index (χ0) is 25.2. The third-order valence-electron chi connectivity index (χ3n) is 6.16. The minimum atomic E-state index is -0.737. The van der Waals surface area contributed by atoms with Gasteiger partial charge < -0.3 is 23.5 Å². The number of anilines is 1. The maximum Gasteiger partial charge on any atom is 0.338 e. The lowest BCUT2D eigenvalue weighted by Gasteiger charge is -2.26. The highest BCUT2D eigenvalue weighted by atomic mass is 32.1. The van der Waals surface area contributed by atoms with Gasteiger partial charge in [0, 0.05) is 30.8 Å². The van der Waals surface area contributed by atoms with Crippen LogP contribution in [0.2, 0.25) is 0 Å². The zero-order valence-electron chi connectivity index (χ0n) is 20.4. The van der Waals surface area contributed by atoms with Gasteiger partial charge in [-0.2, -0.15) is 0 Å². The average molecular weight is 510 g/mol. The number of allylic oxidation sites excluding steroid dienone is 1. The maximum atomic E-state index is 13.7. The second kappa shape index (κ2) is 10.2. The normalized spacial score (nSPS) is 18.1. The molecule has 0 bridgehead atoms. The first-order valence-corrected chi connectivity index (χ1v) is 12.6. The first-order valence-electron chi connectivity index (χ1n) is 11.8. The fourth-order valence-corrected chi connectivity index (χ4v) is 5.51. The van der Waals surface area contributed by atoms with Crippen LogP contribution in [0.25, 0.3) is 6.08 Å². The van der Waals surface area contributed by atoms with Gasteiger partial charge in [-0.1, -0.05) is 29.5 Å². The van der Waals surface area contributed by atoms with E-state index in [4.69, 9.17) is 18.6 Å². The summed E-state index contributed by atoms with van der Waals surface area (Å²) in [6, 6.07) is 10.3. The number of benzene rings is 1. The van der Waals surface area contributed by atoms with E-state index in [2.05, 4.69) is 9.89 Å². The molecule has 5 rings (SSSR count). The van der Waals surface area contributed by atoms with Crippen LogP contribution < -0.4 is 24.5 Å². The van der Waals surface area contributed by atoms with Crippen molar-refractivity contribution in [2.45, 2.75) is 19.9 Å². The van der Waals surface area contributed by atoms with Gasteiger partial charge in [0.1, 0.15) is 17.6 Å². The molecule has 1 atom stereocenters. The summed E-state index contributed by atoms with van der Waals surface area (Å²) in [6.45, 7) is 6.53. The number of nitrogens with zero attached hydrogens (tertiary/aromatic N) is 3. The van der Waals surface area contributed by atoms with Gasteiger partial charge >= 0.3 is 5.97 Å². The second-order valence-corrected chi connectivity index (χ2v) is 9.33. The molecule has 0 amide bonds. The number of carbonyl (C=O) groups excluding carboxylic acids is 1. The Labute approximate surface area is 211 Å². The number of esters is 1. The van der Waals surface area contributed by atoms with E-state index in [1.165, 1.54) is 11.3 Å². The van der Waals surface area contributed by atoms with E-state index >= 15 is 0 Å². The van der Waals surface area contributed by atoms with Crippen LogP contribution in [-0.2, 0) is 14.3 Å². The molecule has 4 heterocycles. The van der Waals surface area contributed by atoms with Gasteiger partial charge in [-0.25, -0.2) is 9.79 Å². The molecule has 0 unspecified atom stereocenters. The smallest absolute Gasteiger partial charge is 0.338 e. The first-order chi connectivity index (χ1) is 17.5. The van der Waals surface area contributed by atoms with E-state index < -0.39 is 12.0 Å². The van der Waals surface area contributed by atoms with Crippen LogP contribution in [0.5, 0.6) is 5.75 Å². The van der Waals surface area contributed by atoms with Crippen LogP contribution in [0.1, 0.15) is 31.2 Å². The molecular weight excluding hydrogens is 482 g/mol. The molecule has 1 fully saturated rings. The fourth-order valence-electron chi connectivity index (χ4n) is 4.48. The summed E-state index contributed by atoms with van der Waals surface area (Å²) in [5, 5.41) is 0. The van der Waals surface area contributed by atoms with E-state index in [0.717, 1.165) is 19.0 Å².